The van der Waals surface area contributed by atoms with Crippen LogP contribution in [0.15, 0.2) is 46.9 Å². The number of nitrogens with one attached hydrogen (secondary N) is 1. The van der Waals surface area contributed by atoms with E-state index in [0.717, 1.165) is 0 Å². The first-order valence-electron chi connectivity index (χ1n) is 5.70. The number of halogens is 1. The van der Waals surface area contributed by atoms with Crippen LogP contribution in [0.25, 0.3) is 11.1 Å². The molecule has 0 radical (unpaired) electrons. The van der Waals surface area contributed by atoms with Crippen LogP contribution in [0.3, 0.4) is 0 Å². The minimum Gasteiger partial charge on any atom is -0.423 e. The quantitative estimate of drug-likeness (QED) is 0.579. The lowest BCUT2D eigenvalue weighted by Gasteiger charge is -2.01. The predicted molar refractivity (Wildman–Crippen MR) is 75.4 cm³/mol. The molecule has 6 nitrogen and oxygen atoms in total. The Morgan fingerprint density at radius 1 is 1.25 bits per heavy atom. The first-order valence-corrected chi connectivity index (χ1v) is 6.08. The highest BCUT2D eigenvalue weighted by Crippen LogP contribution is 2.29. The second-order valence-electron chi connectivity index (χ2n) is 4.03. The van der Waals surface area contributed by atoms with Crippen molar-refractivity contribution < 1.29 is 9.34 Å². The van der Waals surface area contributed by atoms with Crippen molar-refractivity contribution in [3.8, 4) is 0 Å². The highest BCUT2D eigenvalue weighted by atomic mass is 35.5. The Balaban J connectivity index is 1.99. The van der Waals surface area contributed by atoms with Gasteiger partial charge in [0.25, 0.3) is 11.7 Å². The molecule has 3 rings (SSSR count). The van der Waals surface area contributed by atoms with Crippen molar-refractivity contribution in [2.24, 2.45) is 0 Å². The van der Waals surface area contributed by atoms with Gasteiger partial charge in [0.15, 0.2) is 5.58 Å². The van der Waals surface area contributed by atoms with Gasteiger partial charge in [-0.1, -0.05) is 23.7 Å². The van der Waals surface area contributed by atoms with Gasteiger partial charge in [-0.2, -0.15) is 4.98 Å². The first kappa shape index (κ1) is 12.4. The van der Waals surface area contributed by atoms with Crippen LogP contribution in [0.5, 0.6) is 0 Å². The third-order valence-corrected chi connectivity index (χ3v) is 2.93. The van der Waals surface area contributed by atoms with E-state index < -0.39 is 4.92 Å². The van der Waals surface area contributed by atoms with E-state index >= 15 is 0 Å². The maximum absolute atomic E-state index is 10.9. The molecule has 7 heteroatoms. The summed E-state index contributed by atoms with van der Waals surface area (Å²) >= 11 is 5.86. The third-order valence-electron chi connectivity index (χ3n) is 2.69. The molecular weight excluding hydrogens is 282 g/mol. The molecule has 0 spiro atoms. The molecule has 0 aliphatic rings. The monoisotopic (exact) mass is 289 g/mol. The Morgan fingerprint density at radius 3 is 2.85 bits per heavy atom. The summed E-state index contributed by atoms with van der Waals surface area (Å²) in [7, 11) is 0. The smallest absolute Gasteiger partial charge is 0.300 e. The van der Waals surface area contributed by atoms with Gasteiger partial charge in [-0.05, 0) is 24.3 Å². The molecule has 0 unspecified atom stereocenters. The number of benzene rings is 2. The van der Waals surface area contributed by atoms with Crippen molar-refractivity contribution in [2.75, 3.05) is 5.32 Å². The van der Waals surface area contributed by atoms with Gasteiger partial charge in [0.2, 0.25) is 0 Å². The number of nitro benzene ring substituents is 1. The molecule has 1 aromatic heterocycles. The maximum atomic E-state index is 10.9. The Morgan fingerprint density at radius 2 is 2.05 bits per heavy atom. The van der Waals surface area contributed by atoms with Crippen molar-refractivity contribution in [3.63, 3.8) is 0 Å². The normalized spacial score (nSPS) is 10.7. The second kappa shape index (κ2) is 4.82. The molecule has 2 aromatic carbocycles. The Hall–Kier alpha value is -2.60. The molecule has 0 atom stereocenters. The molecule has 0 fully saturated rings. The highest BCUT2D eigenvalue weighted by Gasteiger charge is 2.14. The van der Waals surface area contributed by atoms with E-state index in [0.29, 0.717) is 21.8 Å². The minimum atomic E-state index is -0.470. The number of hydrogen-bond donors (Lipinski definition) is 1. The van der Waals surface area contributed by atoms with Crippen molar-refractivity contribution >= 4 is 40.1 Å². The lowest BCUT2D eigenvalue weighted by molar-refractivity contribution is -0.383. The van der Waals surface area contributed by atoms with Crippen molar-refractivity contribution in [3.05, 3.63) is 57.6 Å². The fraction of sp³-hybridized carbons (Fsp3) is 0. The summed E-state index contributed by atoms with van der Waals surface area (Å²) in [4.78, 5) is 14.6. The zero-order valence-electron chi connectivity index (χ0n) is 10.0. The van der Waals surface area contributed by atoms with Crippen LogP contribution >= 0.6 is 11.6 Å². The van der Waals surface area contributed by atoms with Crippen LogP contribution in [-0.2, 0) is 0 Å². The fourth-order valence-corrected chi connectivity index (χ4v) is 1.97. The van der Waals surface area contributed by atoms with Gasteiger partial charge >= 0.3 is 0 Å². The third kappa shape index (κ3) is 2.28. The van der Waals surface area contributed by atoms with Crippen LogP contribution in [0.1, 0.15) is 0 Å². The van der Waals surface area contributed by atoms with Crippen LogP contribution in [0.2, 0.25) is 5.02 Å². The number of rotatable bonds is 3. The van der Waals surface area contributed by atoms with E-state index in [1.807, 2.05) is 0 Å². The lowest BCUT2D eigenvalue weighted by atomic mass is 10.3. The average molecular weight is 290 g/mol. The lowest BCUT2D eigenvalue weighted by Crippen LogP contribution is -1.96. The standard InChI is InChI=1S/C13H8ClN3O3/c14-8-5-6-12-10(7-8)16-13(20-12)15-9-3-1-2-4-11(9)17(18)19/h1-7H,(H,15,16). The number of nitro groups is 1. The average Bonchev–Trinajstić information content (AvgIpc) is 2.80. The predicted octanol–water partition coefficient (Wildman–Crippen LogP) is 4.13. The largest absolute Gasteiger partial charge is 0.423 e. The van der Waals surface area contributed by atoms with Gasteiger partial charge in [0.1, 0.15) is 11.2 Å². The van der Waals surface area contributed by atoms with E-state index in [9.17, 15) is 10.1 Å². The maximum Gasteiger partial charge on any atom is 0.300 e. The van der Waals surface area contributed by atoms with Crippen LogP contribution in [0.4, 0.5) is 17.4 Å². The van der Waals surface area contributed by atoms with Crippen molar-refractivity contribution in [1.29, 1.82) is 0 Å². The molecule has 0 amide bonds. The number of hydrogen-bond acceptors (Lipinski definition) is 5. The van der Waals surface area contributed by atoms with Gasteiger partial charge in [-0.3, -0.25) is 10.1 Å². The summed E-state index contributed by atoms with van der Waals surface area (Å²) in [5.41, 5.74) is 1.40. The number of oxazole rings is 1. The molecule has 100 valence electrons. The summed E-state index contributed by atoms with van der Waals surface area (Å²) in [6, 6.07) is 11.5. The molecule has 0 saturated carbocycles. The fourth-order valence-electron chi connectivity index (χ4n) is 1.81. The molecule has 1 N–H and O–H groups in total. The molecule has 0 saturated heterocycles. The van der Waals surface area contributed by atoms with Gasteiger partial charge in [-0.25, -0.2) is 0 Å². The number of fused-ring (bicyclic) bond motifs is 1. The van der Waals surface area contributed by atoms with Gasteiger partial charge in [0, 0.05) is 11.1 Å². The topological polar surface area (TPSA) is 81.2 Å². The van der Waals surface area contributed by atoms with Gasteiger partial charge in [-0.15, -0.1) is 0 Å². The number of para-hydroxylation sites is 2. The highest BCUT2D eigenvalue weighted by molar-refractivity contribution is 6.31. The molecule has 3 aromatic rings. The van der Waals surface area contributed by atoms with Crippen molar-refractivity contribution in [1.82, 2.24) is 4.98 Å². The van der Waals surface area contributed by atoms with Crippen LogP contribution in [0, 0.1) is 10.1 Å². The molecule has 20 heavy (non-hydrogen) atoms. The van der Waals surface area contributed by atoms with Gasteiger partial charge < -0.3 is 9.73 Å². The summed E-state index contributed by atoms with van der Waals surface area (Å²) < 4.78 is 5.46. The summed E-state index contributed by atoms with van der Waals surface area (Å²) in [6.07, 6.45) is 0. The molecule has 1 heterocycles. The first-order chi connectivity index (χ1) is 9.63. The van der Waals surface area contributed by atoms with E-state index in [1.165, 1.54) is 6.07 Å². The minimum absolute atomic E-state index is 0.0483. The van der Waals surface area contributed by atoms with Crippen LogP contribution < -0.4 is 5.32 Å². The molecular formula is C13H8ClN3O3. The zero-order valence-corrected chi connectivity index (χ0v) is 10.8. The molecule has 0 aliphatic carbocycles. The summed E-state index contributed by atoms with van der Waals surface area (Å²) in [6.45, 7) is 0. The second-order valence-corrected chi connectivity index (χ2v) is 4.47. The Labute approximate surface area is 118 Å². The number of nitrogens with zero attached hydrogens (tertiary/aromatic N) is 2. The van der Waals surface area contributed by atoms with Crippen molar-refractivity contribution in [2.45, 2.75) is 0 Å². The Bertz CT molecular complexity index is 800. The SMILES string of the molecule is O=[N+]([O-])c1ccccc1Nc1nc2cc(Cl)ccc2o1. The van der Waals surface area contributed by atoms with E-state index in [4.69, 9.17) is 16.0 Å². The zero-order chi connectivity index (χ0) is 14.1. The Kier molecular flexibility index (Phi) is 3.00. The number of aromatic nitrogens is 1. The summed E-state index contributed by atoms with van der Waals surface area (Å²) in [5, 5.41) is 14.3. The molecule has 0 aliphatic heterocycles. The van der Waals surface area contributed by atoms with E-state index in [1.54, 1.807) is 36.4 Å². The van der Waals surface area contributed by atoms with E-state index in [-0.39, 0.29) is 11.7 Å². The molecule has 0 bridgehead atoms. The van der Waals surface area contributed by atoms with E-state index in [2.05, 4.69) is 10.3 Å². The number of anilines is 2. The summed E-state index contributed by atoms with van der Waals surface area (Å²) in [5.74, 6) is 0. The van der Waals surface area contributed by atoms with Crippen LogP contribution in [-0.4, -0.2) is 9.91 Å². The van der Waals surface area contributed by atoms with Gasteiger partial charge in [0.05, 0.1) is 4.92 Å².